The number of likely N-dealkylation sites (tertiary alicyclic amines) is 1. The highest BCUT2D eigenvalue weighted by Gasteiger charge is 2.23. The summed E-state index contributed by atoms with van der Waals surface area (Å²) in [6, 6.07) is 3.22. The fourth-order valence-corrected chi connectivity index (χ4v) is 3.13. The quantitative estimate of drug-likeness (QED) is 0.603. The van der Waals surface area contributed by atoms with Crippen molar-refractivity contribution in [2.45, 2.75) is 12.8 Å². The van der Waals surface area contributed by atoms with Gasteiger partial charge in [-0.05, 0) is 31.0 Å². The number of thiocarbonyl (C=S) groups is 1. The lowest BCUT2D eigenvalue weighted by Crippen LogP contribution is -2.43. The first-order valence-corrected chi connectivity index (χ1v) is 8.46. The molecule has 1 saturated heterocycles. The monoisotopic (exact) mass is 368 g/mol. The van der Waals surface area contributed by atoms with E-state index in [0.717, 1.165) is 19.4 Å². The number of rotatable bonds is 5. The number of carbonyl (C=O) groups excluding carboxylic acids is 1. The number of nitrogens with one attached hydrogen (secondary N) is 1. The van der Waals surface area contributed by atoms with E-state index in [-0.39, 0.29) is 12.5 Å². The zero-order valence-electron chi connectivity index (χ0n) is 14.7. The number of aliphatic hydroxyl groups is 1. The van der Waals surface area contributed by atoms with E-state index < -0.39 is 5.97 Å². The van der Waals surface area contributed by atoms with Gasteiger partial charge < -0.3 is 29.5 Å². The fourth-order valence-electron chi connectivity index (χ4n) is 2.85. The molecule has 25 heavy (non-hydrogen) atoms. The van der Waals surface area contributed by atoms with Crippen LogP contribution in [-0.2, 0) is 4.74 Å². The van der Waals surface area contributed by atoms with Crippen molar-refractivity contribution < 1.29 is 24.1 Å². The first-order valence-electron chi connectivity index (χ1n) is 8.05. The molecule has 0 radical (unpaired) electrons. The average molecular weight is 368 g/mol. The van der Waals surface area contributed by atoms with Gasteiger partial charge in [0.25, 0.3) is 0 Å². The Morgan fingerprint density at radius 2 is 2.00 bits per heavy atom. The Morgan fingerprint density at radius 1 is 1.32 bits per heavy atom. The number of piperidine rings is 1. The number of ether oxygens (including phenoxy) is 3. The number of esters is 1. The Hall–Kier alpha value is -2.06. The minimum atomic E-state index is -0.502. The summed E-state index contributed by atoms with van der Waals surface area (Å²) in [7, 11) is 4.34. The van der Waals surface area contributed by atoms with E-state index in [4.69, 9.17) is 26.4 Å². The highest BCUT2D eigenvalue weighted by Crippen LogP contribution is 2.34. The van der Waals surface area contributed by atoms with Crippen LogP contribution in [0.3, 0.4) is 0 Å². The molecule has 8 heteroatoms. The van der Waals surface area contributed by atoms with Gasteiger partial charge in [0, 0.05) is 31.8 Å². The summed E-state index contributed by atoms with van der Waals surface area (Å²) in [4.78, 5) is 14.1. The van der Waals surface area contributed by atoms with Crippen molar-refractivity contribution in [1.29, 1.82) is 0 Å². The second kappa shape index (κ2) is 8.87. The Labute approximate surface area is 152 Å². The van der Waals surface area contributed by atoms with Gasteiger partial charge in [0.2, 0.25) is 0 Å². The molecule has 1 aromatic rings. The van der Waals surface area contributed by atoms with E-state index in [1.165, 1.54) is 21.3 Å². The van der Waals surface area contributed by atoms with Gasteiger partial charge in [-0.25, -0.2) is 4.79 Å². The Kier molecular flexibility index (Phi) is 6.83. The summed E-state index contributed by atoms with van der Waals surface area (Å²) in [6.07, 6.45) is 1.95. The predicted molar refractivity (Wildman–Crippen MR) is 98.5 cm³/mol. The van der Waals surface area contributed by atoms with E-state index >= 15 is 0 Å². The van der Waals surface area contributed by atoms with Crippen LogP contribution < -0.4 is 14.8 Å². The fraction of sp³-hybridized carbons (Fsp3) is 0.529. The minimum absolute atomic E-state index is 0.142. The molecule has 1 atom stereocenters. The molecule has 7 nitrogen and oxygen atoms in total. The van der Waals surface area contributed by atoms with Gasteiger partial charge in [0.05, 0.1) is 32.6 Å². The molecule has 0 aliphatic carbocycles. The van der Waals surface area contributed by atoms with Crippen molar-refractivity contribution in [1.82, 2.24) is 4.90 Å². The minimum Gasteiger partial charge on any atom is -0.493 e. The number of aliphatic hydroxyl groups excluding tert-OH is 1. The van der Waals surface area contributed by atoms with Gasteiger partial charge in [0.15, 0.2) is 16.6 Å². The van der Waals surface area contributed by atoms with Crippen LogP contribution >= 0.6 is 12.2 Å². The lowest BCUT2D eigenvalue weighted by molar-refractivity contribution is 0.0601. The molecule has 0 unspecified atom stereocenters. The van der Waals surface area contributed by atoms with Crippen molar-refractivity contribution in [2.24, 2.45) is 5.92 Å². The highest BCUT2D eigenvalue weighted by molar-refractivity contribution is 7.80. The van der Waals surface area contributed by atoms with Crippen LogP contribution in [0.2, 0.25) is 0 Å². The molecule has 0 aromatic heterocycles. The molecule has 1 fully saturated rings. The molecule has 1 heterocycles. The molecule has 0 bridgehead atoms. The Morgan fingerprint density at radius 3 is 2.60 bits per heavy atom. The molecule has 2 rings (SSSR count). The second-order valence-electron chi connectivity index (χ2n) is 5.81. The van der Waals surface area contributed by atoms with E-state index in [0.29, 0.717) is 34.4 Å². The van der Waals surface area contributed by atoms with Gasteiger partial charge >= 0.3 is 5.97 Å². The first-order chi connectivity index (χ1) is 12.0. The Balaban J connectivity index is 2.27. The van der Waals surface area contributed by atoms with Gasteiger partial charge in [-0.1, -0.05) is 0 Å². The first kappa shape index (κ1) is 19.3. The van der Waals surface area contributed by atoms with Crippen molar-refractivity contribution in [2.75, 3.05) is 46.3 Å². The normalized spacial score (nSPS) is 17.0. The lowest BCUT2D eigenvalue weighted by Gasteiger charge is -2.34. The topological polar surface area (TPSA) is 80.3 Å². The van der Waals surface area contributed by atoms with E-state index in [9.17, 15) is 9.90 Å². The Bertz CT molecular complexity index is 638. The SMILES string of the molecule is COC(=O)c1cc(OC)c(OC)cc1NC(=S)N1CCC[C@H](CO)C1. The largest absolute Gasteiger partial charge is 0.493 e. The van der Waals surface area contributed by atoms with Crippen molar-refractivity contribution in [3.8, 4) is 11.5 Å². The third kappa shape index (κ3) is 4.52. The van der Waals surface area contributed by atoms with E-state index in [2.05, 4.69) is 5.32 Å². The smallest absolute Gasteiger partial charge is 0.340 e. The summed E-state index contributed by atoms with van der Waals surface area (Å²) < 4.78 is 15.4. The third-order valence-corrected chi connectivity index (χ3v) is 4.60. The van der Waals surface area contributed by atoms with Crippen LogP contribution in [0.5, 0.6) is 11.5 Å². The summed E-state index contributed by atoms with van der Waals surface area (Å²) >= 11 is 5.49. The molecule has 138 valence electrons. The number of anilines is 1. The number of hydrogen-bond acceptors (Lipinski definition) is 6. The van der Waals surface area contributed by atoms with Gasteiger partial charge in [0.1, 0.15) is 0 Å². The van der Waals surface area contributed by atoms with Crippen molar-refractivity contribution in [3.05, 3.63) is 17.7 Å². The summed E-state index contributed by atoms with van der Waals surface area (Å²) in [5.41, 5.74) is 0.791. The van der Waals surface area contributed by atoms with Crippen LogP contribution in [0.25, 0.3) is 0 Å². The standard InChI is InChI=1S/C17H24N2O5S/c1-22-14-7-12(16(21)24-3)13(8-15(14)23-2)18-17(25)19-6-4-5-11(9-19)10-20/h7-8,11,20H,4-6,9-10H2,1-3H3,(H,18,25)/t11-/m0/s1. The maximum Gasteiger partial charge on any atom is 0.340 e. The molecule has 2 N–H and O–H groups in total. The maximum atomic E-state index is 12.1. The number of nitrogens with zero attached hydrogens (tertiary/aromatic N) is 1. The molecule has 0 saturated carbocycles. The van der Waals surface area contributed by atoms with Gasteiger partial charge in [-0.15, -0.1) is 0 Å². The molecule has 1 aliphatic heterocycles. The number of carbonyl (C=O) groups is 1. The van der Waals surface area contributed by atoms with E-state index in [1.54, 1.807) is 12.1 Å². The van der Waals surface area contributed by atoms with E-state index in [1.807, 2.05) is 4.90 Å². The number of methoxy groups -OCH3 is 3. The molecule has 1 aliphatic rings. The molecular weight excluding hydrogens is 344 g/mol. The van der Waals surface area contributed by atoms with Crippen LogP contribution in [0, 0.1) is 5.92 Å². The third-order valence-electron chi connectivity index (χ3n) is 4.24. The van der Waals surface area contributed by atoms with Crippen LogP contribution in [0.15, 0.2) is 12.1 Å². The summed E-state index contributed by atoms with van der Waals surface area (Å²) in [5.74, 6) is 0.613. The van der Waals surface area contributed by atoms with Gasteiger partial charge in [-0.3, -0.25) is 0 Å². The summed E-state index contributed by atoms with van der Waals surface area (Å²) in [5, 5.41) is 13.0. The molecular formula is C17H24N2O5S. The highest BCUT2D eigenvalue weighted by atomic mass is 32.1. The van der Waals surface area contributed by atoms with Crippen molar-refractivity contribution in [3.63, 3.8) is 0 Å². The van der Waals surface area contributed by atoms with Crippen LogP contribution in [0.4, 0.5) is 5.69 Å². The predicted octanol–water partition coefficient (Wildman–Crippen LogP) is 1.89. The van der Waals surface area contributed by atoms with Crippen molar-refractivity contribution >= 4 is 29.0 Å². The van der Waals surface area contributed by atoms with Crippen LogP contribution in [-0.4, -0.2) is 62.1 Å². The van der Waals surface area contributed by atoms with Gasteiger partial charge in [-0.2, -0.15) is 0 Å². The molecule has 0 spiro atoms. The zero-order chi connectivity index (χ0) is 18.4. The van der Waals surface area contributed by atoms with Crippen LogP contribution in [0.1, 0.15) is 23.2 Å². The number of benzene rings is 1. The molecule has 1 aromatic carbocycles. The summed E-state index contributed by atoms with van der Waals surface area (Å²) in [6.45, 7) is 1.63. The number of hydrogen-bond donors (Lipinski definition) is 2. The zero-order valence-corrected chi connectivity index (χ0v) is 15.5. The maximum absolute atomic E-state index is 12.1. The average Bonchev–Trinajstić information content (AvgIpc) is 2.66. The lowest BCUT2D eigenvalue weighted by atomic mass is 9.99. The second-order valence-corrected chi connectivity index (χ2v) is 6.20. The molecule has 0 amide bonds.